The zero-order valence-corrected chi connectivity index (χ0v) is 37.6. The number of thiophene rings is 1. The Labute approximate surface area is 388 Å². The zero-order valence-electron chi connectivity index (χ0n) is 36.7. The molecule has 66 heavy (non-hydrogen) atoms. The molecule has 2 aromatic heterocycles. The van der Waals surface area contributed by atoms with Crippen molar-refractivity contribution in [3.05, 3.63) is 242 Å². The van der Waals surface area contributed by atoms with Crippen LogP contribution < -0.4 is 4.90 Å². The fraction of sp³-hybridized carbons (Fsp3) is 0.0476. The second-order valence-electron chi connectivity index (χ2n) is 18.1. The van der Waals surface area contributed by atoms with Gasteiger partial charge in [-0.3, -0.25) is 0 Å². The zero-order chi connectivity index (χ0) is 43.9. The van der Waals surface area contributed by atoms with Gasteiger partial charge < -0.3 is 9.47 Å². The lowest BCUT2D eigenvalue weighted by Crippen LogP contribution is -2.16. The monoisotopic (exact) mass is 860 g/mol. The Hall–Kier alpha value is -7.98. The highest BCUT2D eigenvalue weighted by Gasteiger charge is 2.36. The van der Waals surface area contributed by atoms with Crippen LogP contribution in [-0.4, -0.2) is 4.57 Å². The van der Waals surface area contributed by atoms with E-state index in [1.54, 1.807) is 0 Å². The van der Waals surface area contributed by atoms with Gasteiger partial charge in [-0.2, -0.15) is 0 Å². The maximum absolute atomic E-state index is 2.50. The summed E-state index contributed by atoms with van der Waals surface area (Å²) in [7, 11) is 0. The molecule has 0 bridgehead atoms. The normalized spacial score (nSPS) is 12.8. The summed E-state index contributed by atoms with van der Waals surface area (Å²) in [6.45, 7) is 4.78. The molecule has 0 aliphatic heterocycles. The highest BCUT2D eigenvalue weighted by atomic mass is 32.1. The van der Waals surface area contributed by atoms with E-state index in [1.165, 1.54) is 109 Å². The number of para-hydroxylation sites is 2. The van der Waals surface area contributed by atoms with E-state index in [0.717, 1.165) is 11.4 Å². The number of hydrogen-bond acceptors (Lipinski definition) is 2. The number of nitrogens with zero attached hydrogens (tertiary/aromatic N) is 2. The second kappa shape index (κ2) is 15.1. The number of anilines is 3. The summed E-state index contributed by atoms with van der Waals surface area (Å²) in [4.78, 5) is 2.50. The molecule has 0 fully saturated rings. The van der Waals surface area contributed by atoms with Gasteiger partial charge in [-0.15, -0.1) is 11.3 Å². The molecule has 0 atom stereocenters. The molecule has 2 heterocycles. The predicted molar refractivity (Wildman–Crippen MR) is 282 cm³/mol. The molecule has 12 aromatic rings. The first-order valence-electron chi connectivity index (χ1n) is 22.8. The summed E-state index contributed by atoms with van der Waals surface area (Å²) >= 11 is 1.87. The van der Waals surface area contributed by atoms with E-state index in [0.29, 0.717) is 0 Å². The molecule has 13 rings (SSSR count). The van der Waals surface area contributed by atoms with Crippen LogP contribution in [-0.2, 0) is 5.41 Å². The summed E-state index contributed by atoms with van der Waals surface area (Å²) in [5.41, 5.74) is 19.5. The fourth-order valence-electron chi connectivity index (χ4n) is 10.7. The molecule has 0 unspecified atom stereocenters. The van der Waals surface area contributed by atoms with Crippen LogP contribution in [0.4, 0.5) is 17.1 Å². The maximum Gasteiger partial charge on any atom is 0.0554 e. The van der Waals surface area contributed by atoms with E-state index < -0.39 is 0 Å². The quantitative estimate of drug-likeness (QED) is 0.155. The van der Waals surface area contributed by atoms with Gasteiger partial charge >= 0.3 is 0 Å². The third-order valence-corrected chi connectivity index (χ3v) is 15.1. The average Bonchev–Trinajstić information content (AvgIpc) is 4.00. The van der Waals surface area contributed by atoms with Gasteiger partial charge in [0, 0.05) is 53.4 Å². The van der Waals surface area contributed by atoms with Crippen molar-refractivity contribution in [2.45, 2.75) is 19.3 Å². The Balaban J connectivity index is 0.974. The second-order valence-corrected chi connectivity index (χ2v) is 19.2. The standard InChI is InChI=1S/C63H44N2S/c1-63(2)55-39-46(42-17-8-4-9-18-42)27-33-50(55)51-34-32-49(40-56(51)63)64(48-30-25-43(26-31-48)41-15-6-3-7-16-41)59-23-14-24-61-62(59)54-38-45(29-36-60(54)66-61)44-28-35-58-53(37-44)52-21-12-13-22-57(52)65(58)47-19-10-5-11-20-47/h3-40H,1-2H3. The van der Waals surface area contributed by atoms with Crippen molar-refractivity contribution in [2.24, 2.45) is 0 Å². The van der Waals surface area contributed by atoms with Crippen LogP contribution >= 0.6 is 11.3 Å². The summed E-state index contributed by atoms with van der Waals surface area (Å²) < 4.78 is 4.94. The van der Waals surface area contributed by atoms with Gasteiger partial charge in [0.1, 0.15) is 0 Å². The van der Waals surface area contributed by atoms with E-state index in [-0.39, 0.29) is 5.41 Å². The third-order valence-electron chi connectivity index (χ3n) is 14.0. The Morgan fingerprint density at radius 1 is 0.379 bits per heavy atom. The Bertz CT molecular complexity index is 3820. The molecule has 1 aliphatic rings. The average molecular weight is 861 g/mol. The first-order valence-corrected chi connectivity index (χ1v) is 23.6. The van der Waals surface area contributed by atoms with Crippen molar-refractivity contribution in [1.82, 2.24) is 4.57 Å². The van der Waals surface area contributed by atoms with E-state index in [2.05, 4.69) is 254 Å². The summed E-state index contributed by atoms with van der Waals surface area (Å²) in [5.74, 6) is 0. The molecule has 0 N–H and O–H groups in total. The van der Waals surface area contributed by atoms with Crippen LogP contribution in [0.25, 0.3) is 92.2 Å². The minimum Gasteiger partial charge on any atom is -0.310 e. The molecular formula is C63H44N2S. The number of aromatic nitrogens is 1. The summed E-state index contributed by atoms with van der Waals surface area (Å²) in [5, 5.41) is 5.05. The van der Waals surface area contributed by atoms with Gasteiger partial charge in [-0.1, -0.05) is 159 Å². The number of hydrogen-bond donors (Lipinski definition) is 0. The van der Waals surface area contributed by atoms with Gasteiger partial charge in [0.05, 0.1) is 16.7 Å². The molecule has 1 aliphatic carbocycles. The Morgan fingerprint density at radius 2 is 0.924 bits per heavy atom. The number of fused-ring (bicyclic) bond motifs is 9. The van der Waals surface area contributed by atoms with E-state index in [1.807, 2.05) is 11.3 Å². The predicted octanol–water partition coefficient (Wildman–Crippen LogP) is 17.9. The molecule has 0 saturated carbocycles. The van der Waals surface area contributed by atoms with Crippen LogP contribution in [0.15, 0.2) is 231 Å². The van der Waals surface area contributed by atoms with Crippen molar-refractivity contribution in [3.63, 3.8) is 0 Å². The minimum absolute atomic E-state index is 0.196. The molecule has 0 radical (unpaired) electrons. The van der Waals surface area contributed by atoms with Crippen molar-refractivity contribution in [1.29, 1.82) is 0 Å². The molecule has 10 aromatic carbocycles. The lowest BCUT2D eigenvalue weighted by Gasteiger charge is -2.29. The van der Waals surface area contributed by atoms with Gasteiger partial charge in [0.15, 0.2) is 0 Å². The molecule has 2 nitrogen and oxygen atoms in total. The Kier molecular flexibility index (Phi) is 8.78. The smallest absolute Gasteiger partial charge is 0.0554 e. The topological polar surface area (TPSA) is 8.17 Å². The van der Waals surface area contributed by atoms with Crippen LogP contribution in [0.3, 0.4) is 0 Å². The van der Waals surface area contributed by atoms with E-state index in [4.69, 9.17) is 0 Å². The van der Waals surface area contributed by atoms with Gasteiger partial charge in [-0.05, 0) is 141 Å². The van der Waals surface area contributed by atoms with Gasteiger partial charge in [0.2, 0.25) is 0 Å². The van der Waals surface area contributed by atoms with E-state index >= 15 is 0 Å². The molecule has 0 saturated heterocycles. The highest BCUT2D eigenvalue weighted by Crippen LogP contribution is 2.53. The SMILES string of the molecule is CC1(C)c2cc(-c3ccccc3)ccc2-c2ccc(N(c3ccc(-c4ccccc4)cc3)c3cccc4sc5ccc(-c6ccc7c(c6)c6ccccc6n7-c6ccccc6)cc5c34)cc21. The molecule has 0 amide bonds. The number of benzene rings is 10. The highest BCUT2D eigenvalue weighted by molar-refractivity contribution is 7.26. The van der Waals surface area contributed by atoms with Gasteiger partial charge in [-0.25, -0.2) is 0 Å². The Morgan fingerprint density at radius 3 is 1.68 bits per heavy atom. The van der Waals surface area contributed by atoms with Crippen LogP contribution in [0.2, 0.25) is 0 Å². The third kappa shape index (κ3) is 6.08. The summed E-state index contributed by atoms with van der Waals surface area (Å²) in [6, 6.07) is 85.1. The van der Waals surface area contributed by atoms with Crippen LogP contribution in [0.5, 0.6) is 0 Å². The van der Waals surface area contributed by atoms with Crippen molar-refractivity contribution in [3.8, 4) is 50.2 Å². The summed E-state index contributed by atoms with van der Waals surface area (Å²) in [6.07, 6.45) is 0. The van der Waals surface area contributed by atoms with E-state index in [9.17, 15) is 0 Å². The lowest BCUT2D eigenvalue weighted by molar-refractivity contribution is 0.660. The van der Waals surface area contributed by atoms with Crippen LogP contribution in [0, 0.1) is 0 Å². The number of rotatable bonds is 7. The minimum atomic E-state index is -0.196. The first-order chi connectivity index (χ1) is 32.5. The molecule has 0 spiro atoms. The molecule has 312 valence electrons. The molecular weight excluding hydrogens is 817 g/mol. The largest absolute Gasteiger partial charge is 0.310 e. The maximum atomic E-state index is 2.50. The van der Waals surface area contributed by atoms with Gasteiger partial charge in [0.25, 0.3) is 0 Å². The lowest BCUT2D eigenvalue weighted by atomic mass is 9.81. The van der Waals surface area contributed by atoms with Crippen LogP contribution in [0.1, 0.15) is 25.0 Å². The first kappa shape index (κ1) is 38.5. The van der Waals surface area contributed by atoms with Crippen molar-refractivity contribution >= 4 is 70.4 Å². The van der Waals surface area contributed by atoms with Crippen molar-refractivity contribution in [2.75, 3.05) is 4.90 Å². The molecule has 3 heteroatoms. The van der Waals surface area contributed by atoms with Crippen molar-refractivity contribution < 1.29 is 0 Å². The fourth-order valence-corrected chi connectivity index (χ4v) is 11.8.